The molecule has 0 aliphatic heterocycles. The molecule has 0 aliphatic rings. The van der Waals surface area contributed by atoms with Crippen LogP contribution in [0.1, 0.15) is 5.56 Å². The van der Waals surface area contributed by atoms with Gasteiger partial charge in [0.05, 0.1) is 11.9 Å². The molecule has 0 unspecified atom stereocenters. The Bertz CT molecular complexity index is 872. The molecule has 21 heavy (non-hydrogen) atoms. The summed E-state index contributed by atoms with van der Waals surface area (Å²) in [6, 6.07) is 10.2. The highest BCUT2D eigenvalue weighted by Crippen LogP contribution is 2.18. The third kappa shape index (κ3) is 2.71. The molecule has 0 N–H and O–H groups in total. The summed E-state index contributed by atoms with van der Waals surface area (Å²) in [6.07, 6.45) is 0. The van der Waals surface area contributed by atoms with Crippen LogP contribution in [-0.4, -0.2) is 9.78 Å². The van der Waals surface area contributed by atoms with E-state index in [4.69, 9.17) is 0 Å². The maximum Gasteiger partial charge on any atom is 0.275 e. The van der Waals surface area contributed by atoms with Crippen molar-refractivity contribution < 1.29 is 8.78 Å². The number of rotatable bonds is 2. The number of hydrogen-bond acceptors (Lipinski definition) is 2. The quantitative estimate of drug-likeness (QED) is 0.709. The normalized spacial score (nSPS) is 11.0. The minimum atomic E-state index is -0.682. The molecule has 0 atom stereocenters. The molecule has 2 aromatic carbocycles. The lowest BCUT2D eigenvalue weighted by atomic mass is 10.2. The molecule has 1 aromatic heterocycles. The lowest BCUT2D eigenvalue weighted by Crippen LogP contribution is -2.24. The molecule has 3 nitrogen and oxygen atoms in total. The van der Waals surface area contributed by atoms with E-state index in [1.54, 1.807) is 24.3 Å². The first-order valence-corrected chi connectivity index (χ1v) is 6.94. The molecule has 0 amide bonds. The van der Waals surface area contributed by atoms with Crippen LogP contribution in [0.25, 0.3) is 10.8 Å². The topological polar surface area (TPSA) is 34.9 Å². The van der Waals surface area contributed by atoms with Gasteiger partial charge in [0.1, 0.15) is 16.2 Å². The molecule has 3 aromatic rings. The van der Waals surface area contributed by atoms with Gasteiger partial charge in [-0.2, -0.15) is 5.10 Å². The van der Waals surface area contributed by atoms with Gasteiger partial charge in [-0.15, -0.1) is 0 Å². The van der Waals surface area contributed by atoms with Crippen LogP contribution >= 0.6 is 15.9 Å². The van der Waals surface area contributed by atoms with Crippen molar-refractivity contribution in [3.8, 4) is 0 Å². The summed E-state index contributed by atoms with van der Waals surface area (Å²) < 4.78 is 28.1. The van der Waals surface area contributed by atoms with Crippen LogP contribution in [0.2, 0.25) is 0 Å². The standard InChI is InChI=1S/C15H9BrF2N2O/c16-14-12-3-1-2-4-13(12)15(21)20(19-14)8-9-5-10(17)7-11(18)6-9/h1-7H,8H2. The van der Waals surface area contributed by atoms with Crippen LogP contribution in [0.15, 0.2) is 51.9 Å². The third-order valence-corrected chi connectivity index (χ3v) is 3.66. The largest absolute Gasteiger partial charge is 0.275 e. The molecule has 3 rings (SSSR count). The van der Waals surface area contributed by atoms with Crippen molar-refractivity contribution in [1.82, 2.24) is 9.78 Å². The smallest absolute Gasteiger partial charge is 0.267 e. The molecular weight excluding hydrogens is 342 g/mol. The highest BCUT2D eigenvalue weighted by Gasteiger charge is 2.09. The molecule has 0 bridgehead atoms. The second kappa shape index (κ2) is 5.37. The van der Waals surface area contributed by atoms with Gasteiger partial charge in [-0.05, 0) is 39.7 Å². The molecule has 0 aliphatic carbocycles. The van der Waals surface area contributed by atoms with E-state index in [0.29, 0.717) is 20.9 Å². The van der Waals surface area contributed by atoms with E-state index in [0.717, 1.165) is 6.07 Å². The van der Waals surface area contributed by atoms with Crippen molar-refractivity contribution in [2.75, 3.05) is 0 Å². The SMILES string of the molecule is O=c1c2ccccc2c(Br)nn1Cc1cc(F)cc(F)c1. The van der Waals surface area contributed by atoms with Gasteiger partial charge < -0.3 is 0 Å². The van der Waals surface area contributed by atoms with E-state index in [2.05, 4.69) is 21.0 Å². The van der Waals surface area contributed by atoms with Gasteiger partial charge in [0.2, 0.25) is 0 Å². The van der Waals surface area contributed by atoms with E-state index in [1.165, 1.54) is 16.8 Å². The predicted molar refractivity (Wildman–Crippen MR) is 79.2 cm³/mol. The number of benzene rings is 2. The number of nitrogens with zero attached hydrogens (tertiary/aromatic N) is 2. The zero-order valence-corrected chi connectivity index (χ0v) is 12.3. The van der Waals surface area contributed by atoms with Crippen molar-refractivity contribution in [2.45, 2.75) is 6.54 Å². The Balaban J connectivity index is 2.13. The Hall–Kier alpha value is -2.08. The number of aromatic nitrogens is 2. The summed E-state index contributed by atoms with van der Waals surface area (Å²) in [5.41, 5.74) is 0.0303. The molecular formula is C15H9BrF2N2O. The van der Waals surface area contributed by atoms with E-state index in [-0.39, 0.29) is 12.1 Å². The van der Waals surface area contributed by atoms with Gasteiger partial charge >= 0.3 is 0 Å². The van der Waals surface area contributed by atoms with Crippen LogP contribution in [0.5, 0.6) is 0 Å². The second-order valence-electron chi connectivity index (χ2n) is 4.58. The average molecular weight is 351 g/mol. The van der Waals surface area contributed by atoms with Gasteiger partial charge in [-0.1, -0.05) is 18.2 Å². The summed E-state index contributed by atoms with van der Waals surface area (Å²) in [5, 5.41) is 5.33. The second-order valence-corrected chi connectivity index (χ2v) is 5.33. The van der Waals surface area contributed by atoms with Crippen LogP contribution in [0, 0.1) is 11.6 Å². The third-order valence-electron chi connectivity index (χ3n) is 3.08. The van der Waals surface area contributed by atoms with Gasteiger partial charge in [-0.25, -0.2) is 13.5 Å². The zero-order valence-electron chi connectivity index (χ0n) is 10.7. The highest BCUT2D eigenvalue weighted by molar-refractivity contribution is 9.10. The summed E-state index contributed by atoms with van der Waals surface area (Å²) in [5.74, 6) is -1.36. The summed E-state index contributed by atoms with van der Waals surface area (Å²) in [4.78, 5) is 12.3. The Morgan fingerprint density at radius 1 is 1.05 bits per heavy atom. The van der Waals surface area contributed by atoms with Gasteiger partial charge in [0.15, 0.2) is 0 Å². The summed E-state index contributed by atoms with van der Waals surface area (Å²) in [6.45, 7) is -0.00303. The maximum atomic E-state index is 13.2. The van der Waals surface area contributed by atoms with Gasteiger partial charge in [0, 0.05) is 11.5 Å². The summed E-state index contributed by atoms with van der Waals surface area (Å²) >= 11 is 3.31. The minimum absolute atomic E-state index is 0.00303. The van der Waals surface area contributed by atoms with Crippen molar-refractivity contribution in [3.05, 3.63) is 74.6 Å². The summed E-state index contributed by atoms with van der Waals surface area (Å²) in [7, 11) is 0. The van der Waals surface area contributed by atoms with Crippen LogP contribution in [-0.2, 0) is 6.54 Å². The highest BCUT2D eigenvalue weighted by atomic mass is 79.9. The number of halogens is 3. The van der Waals surface area contributed by atoms with Gasteiger partial charge in [0.25, 0.3) is 5.56 Å². The van der Waals surface area contributed by atoms with E-state index < -0.39 is 11.6 Å². The lowest BCUT2D eigenvalue weighted by molar-refractivity contribution is 0.571. The first-order valence-electron chi connectivity index (χ1n) is 6.15. The van der Waals surface area contributed by atoms with Crippen molar-refractivity contribution in [2.24, 2.45) is 0 Å². The maximum absolute atomic E-state index is 13.2. The fraction of sp³-hybridized carbons (Fsp3) is 0.0667. The molecule has 106 valence electrons. The molecule has 0 saturated heterocycles. The van der Waals surface area contributed by atoms with Gasteiger partial charge in [-0.3, -0.25) is 4.79 Å². The van der Waals surface area contributed by atoms with E-state index >= 15 is 0 Å². The molecule has 6 heteroatoms. The van der Waals surface area contributed by atoms with Crippen molar-refractivity contribution in [1.29, 1.82) is 0 Å². The molecule has 1 heterocycles. The fourth-order valence-corrected chi connectivity index (χ4v) is 2.71. The Kier molecular flexibility index (Phi) is 3.55. The molecule has 0 spiro atoms. The zero-order chi connectivity index (χ0) is 15.0. The Labute approximate surface area is 127 Å². The minimum Gasteiger partial charge on any atom is -0.267 e. The number of hydrogen-bond donors (Lipinski definition) is 0. The molecule has 0 radical (unpaired) electrons. The van der Waals surface area contributed by atoms with Crippen LogP contribution < -0.4 is 5.56 Å². The van der Waals surface area contributed by atoms with Crippen molar-refractivity contribution >= 4 is 26.7 Å². The number of fused-ring (bicyclic) bond motifs is 1. The molecule has 0 fully saturated rings. The Morgan fingerprint density at radius 2 is 1.67 bits per heavy atom. The lowest BCUT2D eigenvalue weighted by Gasteiger charge is -2.08. The van der Waals surface area contributed by atoms with Crippen LogP contribution in [0.3, 0.4) is 0 Å². The van der Waals surface area contributed by atoms with Crippen molar-refractivity contribution in [3.63, 3.8) is 0 Å². The first kappa shape index (κ1) is 13.9. The fourth-order valence-electron chi connectivity index (χ4n) is 2.18. The Morgan fingerprint density at radius 3 is 2.33 bits per heavy atom. The average Bonchev–Trinajstić information content (AvgIpc) is 2.43. The van der Waals surface area contributed by atoms with E-state index in [1.807, 2.05) is 0 Å². The van der Waals surface area contributed by atoms with E-state index in [9.17, 15) is 13.6 Å². The predicted octanol–water partition coefficient (Wildman–Crippen LogP) is 3.49. The monoisotopic (exact) mass is 350 g/mol. The first-order chi connectivity index (χ1) is 10.0. The van der Waals surface area contributed by atoms with Crippen LogP contribution in [0.4, 0.5) is 8.78 Å². The molecule has 0 saturated carbocycles.